The number of hydrogen-bond acceptors (Lipinski definition) is 3. The number of nitrogens with zero attached hydrogens (tertiary/aromatic N) is 2. The van der Waals surface area contributed by atoms with Gasteiger partial charge >= 0.3 is 0 Å². The minimum Gasteiger partial charge on any atom is -0.394 e. The lowest BCUT2D eigenvalue weighted by molar-refractivity contribution is 0.378. The van der Waals surface area contributed by atoms with E-state index < -0.39 is 0 Å². The third-order valence-electron chi connectivity index (χ3n) is 3.92. The normalized spacial score (nSPS) is 22.3. The summed E-state index contributed by atoms with van der Waals surface area (Å²) in [6.07, 6.45) is 4.79. The molecular formula is C14H26N4. The highest BCUT2D eigenvalue weighted by molar-refractivity contribution is 5.65. The fourth-order valence-corrected chi connectivity index (χ4v) is 2.87. The van der Waals surface area contributed by atoms with E-state index in [1.807, 2.05) is 11.6 Å². The molecule has 0 radical (unpaired) electrons. The van der Waals surface area contributed by atoms with Crippen LogP contribution in [0, 0.1) is 12.3 Å². The smallest absolute Gasteiger partial charge is 0.148 e. The van der Waals surface area contributed by atoms with Crippen LogP contribution >= 0.6 is 0 Å². The van der Waals surface area contributed by atoms with Crippen molar-refractivity contribution in [2.75, 3.05) is 11.1 Å². The van der Waals surface area contributed by atoms with Gasteiger partial charge in [-0.2, -0.15) is 5.10 Å². The SMILES string of the molecule is CCCn1nc(C)c(N)c1NC1CCC(C)(C)C1. The van der Waals surface area contributed by atoms with Gasteiger partial charge < -0.3 is 11.1 Å². The summed E-state index contributed by atoms with van der Waals surface area (Å²) < 4.78 is 2.02. The summed E-state index contributed by atoms with van der Waals surface area (Å²) in [6, 6.07) is 0.536. The van der Waals surface area contributed by atoms with E-state index >= 15 is 0 Å². The predicted octanol–water partition coefficient (Wildman–Crippen LogP) is 3.17. The van der Waals surface area contributed by atoms with E-state index in [0.717, 1.165) is 30.2 Å². The van der Waals surface area contributed by atoms with Crippen LogP contribution in [0.5, 0.6) is 0 Å². The molecule has 1 atom stereocenters. The zero-order chi connectivity index (χ0) is 13.3. The molecule has 1 fully saturated rings. The van der Waals surface area contributed by atoms with Gasteiger partial charge in [0.15, 0.2) is 0 Å². The summed E-state index contributed by atoms with van der Waals surface area (Å²) in [4.78, 5) is 0. The molecule has 18 heavy (non-hydrogen) atoms. The second-order valence-electron chi connectivity index (χ2n) is 6.32. The van der Waals surface area contributed by atoms with Crippen molar-refractivity contribution < 1.29 is 0 Å². The van der Waals surface area contributed by atoms with Gasteiger partial charge in [-0.05, 0) is 38.0 Å². The molecule has 1 aromatic rings. The Morgan fingerprint density at radius 2 is 2.22 bits per heavy atom. The molecule has 0 spiro atoms. The van der Waals surface area contributed by atoms with Gasteiger partial charge in [0.05, 0.1) is 11.4 Å². The van der Waals surface area contributed by atoms with Crippen LogP contribution in [-0.4, -0.2) is 15.8 Å². The van der Waals surface area contributed by atoms with Crippen molar-refractivity contribution in [2.24, 2.45) is 5.41 Å². The average molecular weight is 250 g/mol. The van der Waals surface area contributed by atoms with Gasteiger partial charge in [-0.1, -0.05) is 20.8 Å². The third kappa shape index (κ3) is 2.62. The monoisotopic (exact) mass is 250 g/mol. The standard InChI is InChI=1S/C14H26N4/c1-5-8-18-13(12(15)10(2)17-18)16-11-6-7-14(3,4)9-11/h11,16H,5-9,15H2,1-4H3. The quantitative estimate of drug-likeness (QED) is 0.863. The van der Waals surface area contributed by atoms with Gasteiger partial charge in [0.25, 0.3) is 0 Å². The Bertz CT molecular complexity index is 420. The number of anilines is 2. The molecule has 1 unspecified atom stereocenters. The molecule has 1 aromatic heterocycles. The van der Waals surface area contributed by atoms with Gasteiger partial charge in [-0.25, -0.2) is 4.68 Å². The van der Waals surface area contributed by atoms with Crippen molar-refractivity contribution in [1.82, 2.24) is 9.78 Å². The van der Waals surface area contributed by atoms with Crippen LogP contribution in [0.1, 0.15) is 52.1 Å². The molecule has 1 saturated carbocycles. The van der Waals surface area contributed by atoms with Crippen LogP contribution in [0.2, 0.25) is 0 Å². The lowest BCUT2D eigenvalue weighted by Gasteiger charge is -2.19. The maximum absolute atomic E-state index is 6.13. The molecule has 2 rings (SSSR count). The van der Waals surface area contributed by atoms with Crippen molar-refractivity contribution in [3.8, 4) is 0 Å². The highest BCUT2D eigenvalue weighted by atomic mass is 15.3. The van der Waals surface area contributed by atoms with Crippen LogP contribution in [0.15, 0.2) is 0 Å². The van der Waals surface area contributed by atoms with E-state index in [1.54, 1.807) is 0 Å². The van der Waals surface area contributed by atoms with Gasteiger partial charge in [-0.15, -0.1) is 0 Å². The van der Waals surface area contributed by atoms with E-state index in [2.05, 4.69) is 31.2 Å². The van der Waals surface area contributed by atoms with Gasteiger partial charge in [0.1, 0.15) is 5.82 Å². The topological polar surface area (TPSA) is 55.9 Å². The zero-order valence-corrected chi connectivity index (χ0v) is 12.1. The lowest BCUT2D eigenvalue weighted by Crippen LogP contribution is -2.20. The highest BCUT2D eigenvalue weighted by Crippen LogP contribution is 2.39. The molecule has 0 bridgehead atoms. The summed E-state index contributed by atoms with van der Waals surface area (Å²) in [5.41, 5.74) is 8.34. The molecule has 4 heteroatoms. The van der Waals surface area contributed by atoms with Gasteiger partial charge in [-0.3, -0.25) is 0 Å². The third-order valence-corrected chi connectivity index (χ3v) is 3.92. The Kier molecular flexibility index (Phi) is 3.55. The molecule has 102 valence electrons. The summed E-state index contributed by atoms with van der Waals surface area (Å²) in [7, 11) is 0. The first kappa shape index (κ1) is 13.2. The Morgan fingerprint density at radius 3 is 2.78 bits per heavy atom. The maximum Gasteiger partial charge on any atom is 0.148 e. The molecule has 1 heterocycles. The summed E-state index contributed by atoms with van der Waals surface area (Å²) in [5.74, 6) is 1.03. The van der Waals surface area contributed by atoms with E-state index in [0.29, 0.717) is 11.5 Å². The summed E-state index contributed by atoms with van der Waals surface area (Å²) >= 11 is 0. The number of hydrogen-bond donors (Lipinski definition) is 2. The molecular weight excluding hydrogens is 224 g/mol. The number of aryl methyl sites for hydroxylation is 2. The van der Waals surface area contributed by atoms with Crippen LogP contribution in [0.3, 0.4) is 0 Å². The molecule has 1 aliphatic carbocycles. The first-order valence-electron chi connectivity index (χ1n) is 7.02. The highest BCUT2D eigenvalue weighted by Gasteiger charge is 2.31. The summed E-state index contributed by atoms with van der Waals surface area (Å²) in [5, 5.41) is 8.12. The van der Waals surface area contributed by atoms with E-state index in [4.69, 9.17) is 5.73 Å². The number of rotatable bonds is 4. The van der Waals surface area contributed by atoms with E-state index in [9.17, 15) is 0 Å². The minimum absolute atomic E-state index is 0.455. The predicted molar refractivity (Wildman–Crippen MR) is 76.7 cm³/mol. The number of nitrogens with one attached hydrogen (secondary N) is 1. The lowest BCUT2D eigenvalue weighted by atomic mass is 9.92. The Balaban J connectivity index is 2.13. The molecule has 0 aliphatic heterocycles. The van der Waals surface area contributed by atoms with Crippen LogP contribution in [0.25, 0.3) is 0 Å². The first-order chi connectivity index (χ1) is 8.43. The van der Waals surface area contributed by atoms with Crippen molar-refractivity contribution in [3.63, 3.8) is 0 Å². The zero-order valence-electron chi connectivity index (χ0n) is 12.1. The van der Waals surface area contributed by atoms with Crippen molar-refractivity contribution >= 4 is 11.5 Å². The molecule has 0 saturated heterocycles. The molecule has 3 N–H and O–H groups in total. The van der Waals surface area contributed by atoms with Crippen LogP contribution < -0.4 is 11.1 Å². The van der Waals surface area contributed by atoms with Crippen molar-refractivity contribution in [1.29, 1.82) is 0 Å². The fourth-order valence-electron chi connectivity index (χ4n) is 2.87. The maximum atomic E-state index is 6.13. The minimum atomic E-state index is 0.455. The second-order valence-corrected chi connectivity index (χ2v) is 6.32. The van der Waals surface area contributed by atoms with Crippen LogP contribution in [-0.2, 0) is 6.54 Å². The second kappa shape index (κ2) is 4.82. The number of aromatic nitrogens is 2. The van der Waals surface area contributed by atoms with E-state index in [1.165, 1.54) is 19.3 Å². The Labute approximate surface area is 110 Å². The fraction of sp³-hybridized carbons (Fsp3) is 0.786. The van der Waals surface area contributed by atoms with Crippen molar-refractivity contribution in [3.05, 3.63) is 5.69 Å². The van der Waals surface area contributed by atoms with Gasteiger partial charge in [0.2, 0.25) is 0 Å². The van der Waals surface area contributed by atoms with E-state index in [-0.39, 0.29) is 0 Å². The largest absolute Gasteiger partial charge is 0.394 e. The van der Waals surface area contributed by atoms with Gasteiger partial charge in [0, 0.05) is 12.6 Å². The van der Waals surface area contributed by atoms with Crippen LogP contribution in [0.4, 0.5) is 11.5 Å². The first-order valence-corrected chi connectivity index (χ1v) is 7.02. The molecule has 0 amide bonds. The van der Waals surface area contributed by atoms with Crippen molar-refractivity contribution in [2.45, 2.75) is 66.0 Å². The Morgan fingerprint density at radius 1 is 1.50 bits per heavy atom. The average Bonchev–Trinajstić information content (AvgIpc) is 2.75. The molecule has 4 nitrogen and oxygen atoms in total. The number of nitrogens with two attached hydrogens (primary N) is 1. The summed E-state index contributed by atoms with van der Waals surface area (Å²) in [6.45, 7) is 9.75. The number of nitrogen functional groups attached to an aromatic ring is 1. The Hall–Kier alpha value is -1.19. The molecule has 0 aromatic carbocycles. The molecule has 1 aliphatic rings.